The van der Waals surface area contributed by atoms with Crippen LogP contribution in [0.2, 0.25) is 0 Å². The van der Waals surface area contributed by atoms with Crippen molar-refractivity contribution >= 4 is 5.78 Å². The molecule has 1 rings (SSSR count). The highest BCUT2D eigenvalue weighted by atomic mass is 16.5. The predicted molar refractivity (Wildman–Crippen MR) is 51.7 cm³/mol. The molecule has 3 nitrogen and oxygen atoms in total. The highest BCUT2D eigenvalue weighted by molar-refractivity contribution is 5.80. The molecule has 76 valence electrons. The van der Waals surface area contributed by atoms with E-state index < -0.39 is 0 Å². The monoisotopic (exact) mass is 185 g/mol. The zero-order chi connectivity index (χ0) is 9.52. The van der Waals surface area contributed by atoms with Gasteiger partial charge in [-0.2, -0.15) is 0 Å². The van der Waals surface area contributed by atoms with Gasteiger partial charge in [0.05, 0.1) is 13.2 Å². The van der Waals surface area contributed by atoms with Crippen LogP contribution in [0, 0.1) is 5.92 Å². The Balaban J connectivity index is 1.84. The van der Waals surface area contributed by atoms with Gasteiger partial charge in [0, 0.05) is 20.1 Å². The number of hydrogen-bond donors (Lipinski definition) is 1. The molecule has 0 atom stereocenters. The Morgan fingerprint density at radius 3 is 2.92 bits per heavy atom. The predicted octanol–water partition coefficient (Wildman–Crippen LogP) is 0.982. The van der Waals surface area contributed by atoms with E-state index in [9.17, 15) is 4.79 Å². The third-order valence-electron chi connectivity index (χ3n) is 2.33. The fraction of sp³-hybridized carbons (Fsp3) is 0.900. The third kappa shape index (κ3) is 5.77. The second-order valence-electron chi connectivity index (χ2n) is 3.69. The van der Waals surface area contributed by atoms with E-state index in [1.54, 1.807) is 7.11 Å². The first kappa shape index (κ1) is 10.7. The fourth-order valence-corrected chi connectivity index (χ4v) is 1.26. The van der Waals surface area contributed by atoms with E-state index in [0.717, 1.165) is 25.3 Å². The Hall–Kier alpha value is -0.410. The minimum Gasteiger partial charge on any atom is -0.383 e. The Labute approximate surface area is 79.8 Å². The molecule has 1 aliphatic rings. The van der Waals surface area contributed by atoms with Crippen LogP contribution in [-0.2, 0) is 9.53 Å². The quantitative estimate of drug-likeness (QED) is 0.573. The number of Topliss-reactive ketones (excluding diaryl/α,β-unsaturated/α-hetero) is 1. The van der Waals surface area contributed by atoms with Crippen LogP contribution >= 0.6 is 0 Å². The highest BCUT2D eigenvalue weighted by Crippen LogP contribution is 2.33. The molecule has 0 aromatic heterocycles. The Kier molecular flexibility index (Phi) is 5.01. The molecule has 0 spiro atoms. The Morgan fingerprint density at radius 1 is 1.54 bits per heavy atom. The number of carbonyl (C=O) groups excluding carboxylic acids is 1. The summed E-state index contributed by atoms with van der Waals surface area (Å²) < 4.78 is 4.86. The van der Waals surface area contributed by atoms with Crippen LogP contribution in [0.3, 0.4) is 0 Å². The van der Waals surface area contributed by atoms with E-state index in [0.29, 0.717) is 18.9 Å². The molecule has 0 bridgehead atoms. The topological polar surface area (TPSA) is 38.3 Å². The molecule has 1 N–H and O–H groups in total. The second-order valence-corrected chi connectivity index (χ2v) is 3.69. The highest BCUT2D eigenvalue weighted by Gasteiger charge is 2.21. The van der Waals surface area contributed by atoms with Crippen molar-refractivity contribution in [3.8, 4) is 0 Å². The molecule has 1 aliphatic carbocycles. The lowest BCUT2D eigenvalue weighted by molar-refractivity contribution is -0.118. The van der Waals surface area contributed by atoms with Crippen LogP contribution in [0.15, 0.2) is 0 Å². The molecule has 0 aromatic carbocycles. The first-order valence-electron chi connectivity index (χ1n) is 5.04. The SMILES string of the molecule is COCCNCC(=O)CCC1CC1. The first-order valence-corrected chi connectivity index (χ1v) is 5.04. The molecule has 0 amide bonds. The van der Waals surface area contributed by atoms with Crippen molar-refractivity contribution in [1.29, 1.82) is 0 Å². The normalized spacial score (nSPS) is 16.1. The second kappa shape index (κ2) is 6.11. The maximum absolute atomic E-state index is 11.2. The maximum atomic E-state index is 11.2. The van der Waals surface area contributed by atoms with E-state index in [2.05, 4.69) is 5.32 Å². The van der Waals surface area contributed by atoms with Gasteiger partial charge in [-0.25, -0.2) is 0 Å². The van der Waals surface area contributed by atoms with Gasteiger partial charge in [-0.3, -0.25) is 4.79 Å². The summed E-state index contributed by atoms with van der Waals surface area (Å²) in [4.78, 5) is 11.2. The van der Waals surface area contributed by atoms with Crippen molar-refractivity contribution < 1.29 is 9.53 Å². The van der Waals surface area contributed by atoms with Crippen LogP contribution in [0.5, 0.6) is 0 Å². The summed E-state index contributed by atoms with van der Waals surface area (Å²) in [6.45, 7) is 1.96. The standard InChI is InChI=1S/C10H19NO2/c1-13-7-6-11-8-10(12)5-4-9-2-3-9/h9,11H,2-8H2,1H3. The summed E-state index contributed by atoms with van der Waals surface area (Å²) in [5.41, 5.74) is 0. The molecular weight excluding hydrogens is 166 g/mol. The number of carbonyl (C=O) groups is 1. The van der Waals surface area contributed by atoms with E-state index in [-0.39, 0.29) is 0 Å². The van der Waals surface area contributed by atoms with Crippen molar-refractivity contribution in [3.05, 3.63) is 0 Å². The molecule has 0 aromatic rings. The van der Waals surface area contributed by atoms with Crippen molar-refractivity contribution in [1.82, 2.24) is 5.32 Å². The van der Waals surface area contributed by atoms with Crippen LogP contribution in [0.4, 0.5) is 0 Å². The zero-order valence-corrected chi connectivity index (χ0v) is 8.34. The third-order valence-corrected chi connectivity index (χ3v) is 2.33. The van der Waals surface area contributed by atoms with Crippen molar-refractivity contribution in [3.63, 3.8) is 0 Å². The van der Waals surface area contributed by atoms with Gasteiger partial charge in [-0.05, 0) is 12.3 Å². The number of ketones is 1. The van der Waals surface area contributed by atoms with E-state index in [1.165, 1.54) is 12.8 Å². The van der Waals surface area contributed by atoms with Crippen LogP contribution < -0.4 is 5.32 Å². The lowest BCUT2D eigenvalue weighted by atomic mass is 10.1. The number of methoxy groups -OCH3 is 1. The van der Waals surface area contributed by atoms with Crippen LogP contribution in [-0.4, -0.2) is 32.6 Å². The lowest BCUT2D eigenvalue weighted by Gasteiger charge is -2.02. The summed E-state index contributed by atoms with van der Waals surface area (Å²) in [5.74, 6) is 1.20. The number of ether oxygens (including phenoxy) is 1. The molecule has 13 heavy (non-hydrogen) atoms. The van der Waals surface area contributed by atoms with Gasteiger partial charge < -0.3 is 10.1 Å². The maximum Gasteiger partial charge on any atom is 0.146 e. The van der Waals surface area contributed by atoms with Crippen molar-refractivity contribution in [2.24, 2.45) is 5.92 Å². The number of rotatable bonds is 8. The van der Waals surface area contributed by atoms with Crippen LogP contribution in [0.25, 0.3) is 0 Å². The van der Waals surface area contributed by atoms with Gasteiger partial charge in [0.2, 0.25) is 0 Å². The van der Waals surface area contributed by atoms with Gasteiger partial charge >= 0.3 is 0 Å². The average molecular weight is 185 g/mol. The average Bonchev–Trinajstić information content (AvgIpc) is 2.92. The number of nitrogens with one attached hydrogen (secondary N) is 1. The Bertz CT molecular complexity index is 155. The van der Waals surface area contributed by atoms with E-state index >= 15 is 0 Å². The summed E-state index contributed by atoms with van der Waals surface area (Å²) in [5, 5.41) is 3.06. The molecule has 1 fully saturated rings. The molecule has 0 unspecified atom stereocenters. The zero-order valence-electron chi connectivity index (χ0n) is 8.34. The lowest BCUT2D eigenvalue weighted by Crippen LogP contribution is -2.26. The molecule has 0 aliphatic heterocycles. The molecule has 3 heteroatoms. The fourth-order valence-electron chi connectivity index (χ4n) is 1.26. The first-order chi connectivity index (χ1) is 6.33. The molecule has 0 radical (unpaired) electrons. The summed E-state index contributed by atoms with van der Waals surface area (Å²) >= 11 is 0. The minimum absolute atomic E-state index is 0.336. The van der Waals surface area contributed by atoms with Crippen LogP contribution in [0.1, 0.15) is 25.7 Å². The van der Waals surface area contributed by atoms with Gasteiger partial charge in [0.1, 0.15) is 5.78 Å². The minimum atomic E-state index is 0.336. The molecule has 1 saturated carbocycles. The molecule has 0 saturated heterocycles. The van der Waals surface area contributed by atoms with E-state index in [1.807, 2.05) is 0 Å². The largest absolute Gasteiger partial charge is 0.383 e. The van der Waals surface area contributed by atoms with Crippen molar-refractivity contribution in [2.75, 3.05) is 26.8 Å². The van der Waals surface area contributed by atoms with Gasteiger partial charge in [-0.1, -0.05) is 12.8 Å². The van der Waals surface area contributed by atoms with Crippen molar-refractivity contribution in [2.45, 2.75) is 25.7 Å². The summed E-state index contributed by atoms with van der Waals surface area (Å²) in [6, 6.07) is 0. The smallest absolute Gasteiger partial charge is 0.146 e. The number of hydrogen-bond acceptors (Lipinski definition) is 3. The Morgan fingerprint density at radius 2 is 2.31 bits per heavy atom. The molecular formula is C10H19NO2. The van der Waals surface area contributed by atoms with Gasteiger partial charge in [0.15, 0.2) is 0 Å². The van der Waals surface area contributed by atoms with Gasteiger partial charge in [0.25, 0.3) is 0 Å². The van der Waals surface area contributed by atoms with E-state index in [4.69, 9.17) is 4.74 Å². The van der Waals surface area contributed by atoms with Gasteiger partial charge in [-0.15, -0.1) is 0 Å². The summed E-state index contributed by atoms with van der Waals surface area (Å²) in [7, 11) is 1.66. The molecule has 0 heterocycles. The summed E-state index contributed by atoms with van der Waals surface area (Å²) in [6.07, 6.45) is 4.53.